The first-order valence-electron chi connectivity index (χ1n) is 1.89. The van der Waals surface area contributed by atoms with E-state index in [2.05, 4.69) is 0 Å². The van der Waals surface area contributed by atoms with Crippen molar-refractivity contribution in [2.75, 3.05) is 0 Å². The zero-order valence-corrected chi connectivity index (χ0v) is 16.5. The monoisotopic (exact) mass is 334 g/mol. The molecule has 0 radical (unpaired) electrons. The first-order valence-corrected chi connectivity index (χ1v) is 5.66. The van der Waals surface area contributed by atoms with Crippen molar-refractivity contribution in [2.45, 2.75) is 0 Å². The van der Waals surface area contributed by atoms with Crippen molar-refractivity contribution < 1.29 is 37.3 Å². The number of hydrogen-bond donors (Lipinski definition) is 0. The van der Waals surface area contributed by atoms with Gasteiger partial charge in [0.1, 0.15) is 0 Å². The van der Waals surface area contributed by atoms with Crippen LogP contribution in [-0.4, -0.2) is 143 Å². The fourth-order valence-corrected chi connectivity index (χ4v) is 0. The van der Waals surface area contributed by atoms with Crippen molar-refractivity contribution in [2.24, 2.45) is 0 Å². The first-order chi connectivity index (χ1) is 5.66. The summed E-state index contributed by atoms with van der Waals surface area (Å²) in [4.78, 5) is 0. The topological polar surface area (TPSA) is 192 Å². The molecule has 0 bridgehead atoms. The zero-order valence-electron chi connectivity index (χ0n) is 7.49. The molecule has 0 aromatic heterocycles. The summed E-state index contributed by atoms with van der Waals surface area (Å²) in [7, 11) is 0. The van der Waals surface area contributed by atoms with E-state index in [0.29, 0.717) is 0 Å². The van der Waals surface area contributed by atoms with Gasteiger partial charge < -0.3 is 5.48 Å². The third-order valence-electron chi connectivity index (χ3n) is 0. The normalized spacial score (nSPS) is 2.13. The standard InChI is InChI=1S/4Al.2Ca.H2O.8O/h;;;;;;1H2;;;;;;;;/q;;;;2*+2;;;;;;4*-1. The summed E-state index contributed by atoms with van der Waals surface area (Å²) in [6.45, 7) is 0. The molecule has 2 N–H and O–H groups in total. The predicted molar refractivity (Wildman–Crippen MR) is 40.9 cm³/mol. The van der Waals surface area contributed by atoms with Crippen LogP contribution in [0.2, 0.25) is 0 Å². The molecular weight excluding hydrogens is 332 g/mol. The molecule has 0 saturated heterocycles. The van der Waals surface area contributed by atoms with Crippen LogP contribution in [0, 0.1) is 0 Å². The van der Waals surface area contributed by atoms with Gasteiger partial charge >= 0.3 is 169 Å². The van der Waals surface area contributed by atoms with Crippen LogP contribution in [0.3, 0.4) is 0 Å². The van der Waals surface area contributed by atoms with Crippen LogP contribution >= 0.6 is 0 Å². The van der Waals surface area contributed by atoms with E-state index in [9.17, 15) is 0 Å². The van der Waals surface area contributed by atoms with E-state index in [1.807, 2.05) is 0 Å². The molecule has 0 aromatic carbocycles. The van der Waals surface area contributed by atoms with E-state index >= 15 is 0 Å². The maximum atomic E-state index is 8.46. The van der Waals surface area contributed by atoms with E-state index in [-0.39, 0.29) is 81.0 Å². The molecule has 0 saturated carbocycles. The summed E-state index contributed by atoms with van der Waals surface area (Å²) < 4.78 is 67.7. The molecule has 15 heavy (non-hydrogen) atoms. The van der Waals surface area contributed by atoms with Crippen LogP contribution in [0.5, 0.6) is 0 Å². The van der Waals surface area contributed by atoms with Crippen molar-refractivity contribution >= 4 is 137 Å². The van der Waals surface area contributed by atoms with Gasteiger partial charge in [0.15, 0.2) is 0 Å². The van der Waals surface area contributed by atoms with Crippen LogP contribution in [0.25, 0.3) is 0 Å². The molecule has 0 aromatic rings. The Morgan fingerprint density at radius 2 is 0.533 bits per heavy atom. The first kappa shape index (κ1) is 43.0. The van der Waals surface area contributed by atoms with Crippen LogP contribution < -0.4 is 16.6 Å². The van der Waals surface area contributed by atoms with Crippen LogP contribution in [0.1, 0.15) is 0 Å². The molecule has 0 spiro atoms. The molecule has 72 valence electrons. The Bertz CT molecular complexity index is 74.1. The fourth-order valence-electron chi connectivity index (χ4n) is 0. The van der Waals surface area contributed by atoms with Crippen molar-refractivity contribution in [3.63, 3.8) is 0 Å². The molecule has 0 fully saturated rings. The average molecular weight is 334 g/mol. The molecule has 15 heteroatoms. The summed E-state index contributed by atoms with van der Waals surface area (Å²) in [6.07, 6.45) is 0. The van der Waals surface area contributed by atoms with Crippen molar-refractivity contribution in [3.8, 4) is 0 Å². The molecule has 0 aliphatic carbocycles. The Balaban J connectivity index is -0.0000000107. The van der Waals surface area contributed by atoms with Gasteiger partial charge in [-0.2, -0.15) is 0 Å². The number of hydrogen-bond acceptors (Lipinski definition) is 8. The molecule has 0 atom stereocenters. The molecule has 0 heterocycles. The van der Waals surface area contributed by atoms with Gasteiger partial charge in [0.2, 0.25) is 0 Å². The van der Waals surface area contributed by atoms with Gasteiger partial charge in [-0.1, -0.05) is 0 Å². The summed E-state index contributed by atoms with van der Waals surface area (Å²) in [5.74, 6) is 0. The molecule has 9 nitrogen and oxygen atoms in total. The van der Waals surface area contributed by atoms with Crippen molar-refractivity contribution in [1.29, 1.82) is 0 Å². The van der Waals surface area contributed by atoms with Crippen molar-refractivity contribution in [3.05, 3.63) is 0 Å². The Kier molecular flexibility index (Phi) is 254. The van der Waals surface area contributed by atoms with E-state index in [1.54, 1.807) is 0 Å². The van der Waals surface area contributed by atoms with E-state index in [0.717, 1.165) is 0 Å². The molecule has 0 aliphatic rings. The molecule has 0 rings (SSSR count). The summed E-state index contributed by atoms with van der Waals surface area (Å²) >= 11 is -7.00. The Labute approximate surface area is 171 Å². The fraction of sp³-hybridized carbons (Fsp3) is 0. The average Bonchev–Trinajstić information content (AvgIpc) is 1.92. The minimum atomic E-state index is -1.75. The van der Waals surface area contributed by atoms with Gasteiger partial charge in [0.25, 0.3) is 0 Å². The number of rotatable bonds is 0. The van der Waals surface area contributed by atoms with Gasteiger partial charge in [0.05, 0.1) is 0 Å². The van der Waals surface area contributed by atoms with Gasteiger partial charge in [-0.15, -0.1) is 0 Å². The molecule has 0 amide bonds. The van der Waals surface area contributed by atoms with Gasteiger partial charge in [-0.05, 0) is 0 Å². The third kappa shape index (κ3) is 423. The second kappa shape index (κ2) is 88.7. The van der Waals surface area contributed by atoms with Crippen molar-refractivity contribution in [1.82, 2.24) is 0 Å². The van der Waals surface area contributed by atoms with Crippen LogP contribution in [0.15, 0.2) is 0 Å². The van der Waals surface area contributed by atoms with E-state index < -0.39 is 61.9 Å². The molecule has 0 unspecified atom stereocenters. The van der Waals surface area contributed by atoms with Gasteiger partial charge in [-0.3, -0.25) is 0 Å². The van der Waals surface area contributed by atoms with Gasteiger partial charge in [-0.25, -0.2) is 0 Å². The SMILES string of the molecule is O.[Ca+2].[Ca+2].[O]=[Al][O-].[O]=[Al][O-].[O]=[Al][O-].[O]=[Al][O-]. The van der Waals surface area contributed by atoms with E-state index in [1.165, 1.54) is 0 Å². The van der Waals surface area contributed by atoms with E-state index in [4.69, 9.17) is 31.8 Å². The predicted octanol–water partition coefficient (Wildman–Crippen LogP) is -8.34. The Hall–Kier alpha value is 3.01. The zero-order chi connectivity index (χ0) is 10.8. The van der Waals surface area contributed by atoms with Crippen LogP contribution in [0.4, 0.5) is 0 Å². The summed E-state index contributed by atoms with van der Waals surface area (Å²) in [5.41, 5.74) is 0. The third-order valence-corrected chi connectivity index (χ3v) is 0. The van der Waals surface area contributed by atoms with Crippen LogP contribution in [-0.2, 0) is 15.2 Å². The summed E-state index contributed by atoms with van der Waals surface area (Å²) in [5, 5.41) is 0. The second-order valence-corrected chi connectivity index (χ2v) is 1.15. The minimum absolute atomic E-state index is 0. The second-order valence-electron chi connectivity index (χ2n) is 0.385. The van der Waals surface area contributed by atoms with Gasteiger partial charge in [0, 0.05) is 0 Å². The Morgan fingerprint density at radius 3 is 0.533 bits per heavy atom. The maximum absolute atomic E-state index is 8.46. The summed E-state index contributed by atoms with van der Waals surface area (Å²) in [6, 6.07) is 0. The Morgan fingerprint density at radius 1 is 0.533 bits per heavy atom. The molecule has 0 aliphatic heterocycles. The quantitative estimate of drug-likeness (QED) is 0.389. The molecular formula is H2Al4Ca2O9.